The Kier molecular flexibility index (Phi) is 5.70. The summed E-state index contributed by atoms with van der Waals surface area (Å²) >= 11 is 0. The number of ether oxygens (including phenoxy) is 1. The van der Waals surface area contributed by atoms with Crippen molar-refractivity contribution in [2.45, 2.75) is 19.9 Å². The summed E-state index contributed by atoms with van der Waals surface area (Å²) < 4.78 is 7.84. The number of nitrogens with zero attached hydrogens (tertiary/aromatic N) is 5. The predicted octanol–water partition coefficient (Wildman–Crippen LogP) is 7.29. The number of benzene rings is 4. The zero-order chi connectivity index (χ0) is 27.2. The number of fused-ring (bicyclic) bond motifs is 4. The van der Waals surface area contributed by atoms with Crippen LogP contribution >= 0.6 is 0 Å². The molecule has 2 aliphatic rings. The maximum Gasteiger partial charge on any atom is 0.179 e. The molecule has 7 nitrogen and oxygen atoms in total. The van der Waals surface area contributed by atoms with Crippen LogP contribution in [0.5, 0.6) is 5.75 Å². The summed E-state index contributed by atoms with van der Waals surface area (Å²) in [6.07, 6.45) is 0. The molecule has 1 N–H and O–H groups in total. The standard InChI is InChI=1S/C33H28N6O/c1-21-12-11-13-23(20-21)34-31-33-36-32-29(22(2)37-39(32)24-14-5-4-6-15-24)30(25-16-7-10-19-28(25)40-3)38(33)27-18-9-8-17-26(27)35-31/h4-20,30H,1-3H3,(H,34,35)/t30-/m0/s1. The number of hydrogen-bond acceptors (Lipinski definition) is 6. The van der Waals surface area contributed by atoms with Gasteiger partial charge >= 0.3 is 0 Å². The van der Waals surface area contributed by atoms with Crippen LogP contribution < -0.4 is 15.0 Å². The van der Waals surface area contributed by atoms with E-state index >= 15 is 0 Å². The van der Waals surface area contributed by atoms with Crippen LogP contribution in [0.2, 0.25) is 0 Å². The molecule has 4 aromatic carbocycles. The topological polar surface area (TPSA) is 67.0 Å². The van der Waals surface area contributed by atoms with Crippen LogP contribution in [0.25, 0.3) is 5.69 Å². The highest BCUT2D eigenvalue weighted by Gasteiger charge is 2.42. The second-order valence-corrected chi connectivity index (χ2v) is 9.96. The molecule has 0 unspecified atom stereocenters. The fourth-order valence-corrected chi connectivity index (χ4v) is 5.59. The molecule has 7 heteroatoms. The molecular formula is C33H28N6O. The minimum absolute atomic E-state index is 0.248. The van der Waals surface area contributed by atoms with Crippen LogP contribution in [0.4, 0.5) is 22.9 Å². The minimum Gasteiger partial charge on any atom is -0.496 e. The van der Waals surface area contributed by atoms with Gasteiger partial charge in [0, 0.05) is 16.8 Å². The quantitative estimate of drug-likeness (QED) is 0.268. The predicted molar refractivity (Wildman–Crippen MR) is 161 cm³/mol. The number of para-hydroxylation sites is 4. The fraction of sp³-hybridized carbons (Fsp3) is 0.121. The van der Waals surface area contributed by atoms with Gasteiger partial charge in [-0.15, -0.1) is 0 Å². The van der Waals surface area contributed by atoms with Gasteiger partial charge in [0.15, 0.2) is 17.5 Å². The first-order valence-electron chi connectivity index (χ1n) is 13.3. The van der Waals surface area contributed by atoms with E-state index < -0.39 is 0 Å². The number of aryl methyl sites for hydroxylation is 2. The molecular weight excluding hydrogens is 496 g/mol. The molecule has 0 radical (unpaired) electrons. The summed E-state index contributed by atoms with van der Waals surface area (Å²) in [6.45, 7) is 4.13. The van der Waals surface area contributed by atoms with Crippen molar-refractivity contribution in [1.29, 1.82) is 0 Å². The van der Waals surface area contributed by atoms with E-state index in [9.17, 15) is 0 Å². The van der Waals surface area contributed by atoms with Crippen LogP contribution in [0.15, 0.2) is 113 Å². The molecule has 0 aliphatic carbocycles. The van der Waals surface area contributed by atoms with Gasteiger partial charge in [0.1, 0.15) is 5.75 Å². The lowest BCUT2D eigenvalue weighted by molar-refractivity contribution is 0.407. The van der Waals surface area contributed by atoms with E-state index in [4.69, 9.17) is 19.8 Å². The van der Waals surface area contributed by atoms with Gasteiger partial charge in [-0.1, -0.05) is 60.7 Å². The van der Waals surface area contributed by atoms with Gasteiger partial charge in [-0.05, 0) is 61.9 Å². The highest BCUT2D eigenvalue weighted by atomic mass is 16.5. The minimum atomic E-state index is -0.248. The molecule has 7 rings (SSSR count). The molecule has 5 aromatic rings. The average Bonchev–Trinajstić information content (AvgIpc) is 3.32. The Bertz CT molecular complexity index is 1800. The first-order valence-corrected chi connectivity index (χ1v) is 13.3. The number of hydrogen-bond donors (Lipinski definition) is 1. The number of anilines is 2. The van der Waals surface area contributed by atoms with Crippen LogP contribution in [-0.4, -0.2) is 28.6 Å². The molecule has 40 heavy (non-hydrogen) atoms. The number of aliphatic imine (C=N–C) groups is 2. The highest BCUT2D eigenvalue weighted by Crippen LogP contribution is 2.49. The molecule has 0 bridgehead atoms. The van der Waals surface area contributed by atoms with E-state index in [1.54, 1.807) is 7.11 Å². The maximum absolute atomic E-state index is 5.91. The molecule has 2 aliphatic heterocycles. The SMILES string of the molecule is COc1ccccc1[C@H]1c2c(C)nn(-c3ccccc3)c2N=C2C(Nc3cccc(C)c3)=Nc3ccccc3N21. The van der Waals surface area contributed by atoms with Crippen molar-refractivity contribution >= 4 is 34.6 Å². The summed E-state index contributed by atoms with van der Waals surface area (Å²) in [5.74, 6) is 2.98. The van der Waals surface area contributed by atoms with Crippen molar-refractivity contribution in [3.63, 3.8) is 0 Å². The van der Waals surface area contributed by atoms with Crippen molar-refractivity contribution in [3.05, 3.63) is 126 Å². The van der Waals surface area contributed by atoms with Crippen molar-refractivity contribution < 1.29 is 4.74 Å². The zero-order valence-corrected chi connectivity index (χ0v) is 22.5. The molecule has 0 saturated carbocycles. The van der Waals surface area contributed by atoms with E-state index in [-0.39, 0.29) is 6.04 Å². The molecule has 1 aromatic heterocycles. The monoisotopic (exact) mass is 524 g/mol. The number of methoxy groups -OCH3 is 1. The average molecular weight is 525 g/mol. The number of aromatic nitrogens is 2. The van der Waals surface area contributed by atoms with Crippen LogP contribution in [0.1, 0.15) is 28.4 Å². The Labute approximate surface area is 233 Å². The Morgan fingerprint density at radius 2 is 1.57 bits per heavy atom. The van der Waals surface area contributed by atoms with E-state index in [0.717, 1.165) is 62.5 Å². The third-order valence-electron chi connectivity index (χ3n) is 7.35. The van der Waals surface area contributed by atoms with E-state index in [0.29, 0.717) is 5.84 Å². The molecule has 1 atom stereocenters. The largest absolute Gasteiger partial charge is 0.496 e. The molecule has 0 fully saturated rings. The number of amidine groups is 2. The third-order valence-corrected chi connectivity index (χ3v) is 7.35. The lowest BCUT2D eigenvalue weighted by atomic mass is 9.92. The Balaban J connectivity index is 1.52. The van der Waals surface area contributed by atoms with Gasteiger partial charge in [0.05, 0.1) is 35.9 Å². The Hall–Kier alpha value is -5.17. The normalized spacial score (nSPS) is 15.4. The highest BCUT2D eigenvalue weighted by molar-refractivity contribution is 6.51. The molecule has 0 saturated heterocycles. The molecule has 196 valence electrons. The van der Waals surface area contributed by atoms with E-state index in [1.165, 1.54) is 0 Å². The molecule has 0 spiro atoms. The number of rotatable bonds is 4. The van der Waals surface area contributed by atoms with Gasteiger partial charge in [-0.2, -0.15) is 5.10 Å². The van der Waals surface area contributed by atoms with Gasteiger partial charge < -0.3 is 15.0 Å². The summed E-state index contributed by atoms with van der Waals surface area (Å²) in [5, 5.41) is 8.59. The van der Waals surface area contributed by atoms with Gasteiger partial charge in [-0.25, -0.2) is 14.7 Å². The first-order chi connectivity index (χ1) is 19.6. The fourth-order valence-electron chi connectivity index (χ4n) is 5.59. The lowest BCUT2D eigenvalue weighted by Crippen LogP contribution is -2.46. The van der Waals surface area contributed by atoms with Crippen molar-refractivity contribution in [2.75, 3.05) is 17.3 Å². The Morgan fingerprint density at radius 1 is 0.800 bits per heavy atom. The van der Waals surface area contributed by atoms with Gasteiger partial charge in [0.25, 0.3) is 0 Å². The van der Waals surface area contributed by atoms with Gasteiger partial charge in [0.2, 0.25) is 0 Å². The van der Waals surface area contributed by atoms with Crippen LogP contribution in [-0.2, 0) is 0 Å². The van der Waals surface area contributed by atoms with Crippen LogP contribution in [0.3, 0.4) is 0 Å². The first kappa shape index (κ1) is 23.9. The van der Waals surface area contributed by atoms with Crippen molar-refractivity contribution in [3.8, 4) is 11.4 Å². The zero-order valence-electron chi connectivity index (χ0n) is 22.5. The third kappa shape index (κ3) is 3.86. The van der Waals surface area contributed by atoms with Crippen LogP contribution in [0, 0.1) is 13.8 Å². The number of nitrogens with one attached hydrogen (secondary N) is 1. The summed E-state index contributed by atoms with van der Waals surface area (Å²) in [6, 6.07) is 34.5. The van der Waals surface area contributed by atoms with E-state index in [1.807, 2.05) is 77.5 Å². The van der Waals surface area contributed by atoms with Gasteiger partial charge in [-0.3, -0.25) is 0 Å². The molecule has 0 amide bonds. The van der Waals surface area contributed by atoms with Crippen molar-refractivity contribution in [2.24, 2.45) is 9.98 Å². The Morgan fingerprint density at radius 3 is 2.40 bits per heavy atom. The summed E-state index contributed by atoms with van der Waals surface area (Å²) in [4.78, 5) is 12.7. The summed E-state index contributed by atoms with van der Waals surface area (Å²) in [7, 11) is 1.72. The molecule has 3 heterocycles. The summed E-state index contributed by atoms with van der Waals surface area (Å²) in [5.41, 5.74) is 7.88. The smallest absolute Gasteiger partial charge is 0.179 e. The second kappa shape index (κ2) is 9.54. The van der Waals surface area contributed by atoms with Crippen molar-refractivity contribution in [1.82, 2.24) is 9.78 Å². The second-order valence-electron chi connectivity index (χ2n) is 9.96. The maximum atomic E-state index is 5.91. The lowest BCUT2D eigenvalue weighted by Gasteiger charge is -2.41. The van der Waals surface area contributed by atoms with E-state index in [2.05, 4.69) is 54.4 Å².